The molecule has 1 atom stereocenters. The van der Waals surface area contributed by atoms with Crippen LogP contribution in [0, 0.1) is 12.8 Å². The van der Waals surface area contributed by atoms with Crippen LogP contribution in [0.1, 0.15) is 44.7 Å². The van der Waals surface area contributed by atoms with Gasteiger partial charge in [-0.15, -0.1) is 0 Å². The summed E-state index contributed by atoms with van der Waals surface area (Å²) in [6.07, 6.45) is 1.58. The average Bonchev–Trinajstić information content (AvgIpc) is 2.82. The minimum absolute atomic E-state index is 0.101. The number of hydrogen-bond donors (Lipinski definition) is 1. The number of amides is 2. The van der Waals surface area contributed by atoms with Gasteiger partial charge in [-0.05, 0) is 61.6 Å². The molecule has 198 valence electrons. The third-order valence-electron chi connectivity index (χ3n) is 5.78. The molecule has 0 bridgehead atoms. The number of benzene rings is 2. The van der Waals surface area contributed by atoms with E-state index in [-0.39, 0.29) is 37.2 Å². The molecule has 9 heteroatoms. The molecule has 0 saturated heterocycles. The zero-order valence-electron chi connectivity index (χ0n) is 22.2. The standard InChI is InChI=1S/C27H39N3O5S/c1-20(2)18-28-27(32)22(4)29(19-23-11-8-13-25(17-23)35-5)26(31)14-9-15-30(36(6,33)34)24-12-7-10-21(3)16-24/h7-8,10-13,16-17,20,22H,9,14-15,18-19H2,1-6H3,(H,28,32)/t22-/m0/s1. The Kier molecular flexibility index (Phi) is 10.8. The van der Waals surface area contributed by atoms with E-state index < -0.39 is 16.1 Å². The summed E-state index contributed by atoms with van der Waals surface area (Å²) < 4.78 is 31.5. The first-order valence-electron chi connectivity index (χ1n) is 12.2. The van der Waals surface area contributed by atoms with Crippen LogP contribution in [0.25, 0.3) is 0 Å². The van der Waals surface area contributed by atoms with E-state index in [0.29, 0.717) is 24.4 Å². The summed E-state index contributed by atoms with van der Waals surface area (Å²) in [6.45, 7) is 8.54. The lowest BCUT2D eigenvalue weighted by atomic mass is 10.1. The molecule has 0 fully saturated rings. The summed E-state index contributed by atoms with van der Waals surface area (Å²) in [6, 6.07) is 13.9. The average molecular weight is 518 g/mol. The van der Waals surface area contributed by atoms with Crippen molar-refractivity contribution in [1.82, 2.24) is 10.2 Å². The van der Waals surface area contributed by atoms with E-state index in [2.05, 4.69) is 5.32 Å². The summed E-state index contributed by atoms with van der Waals surface area (Å²) in [7, 11) is -1.95. The van der Waals surface area contributed by atoms with Crippen LogP contribution < -0.4 is 14.4 Å². The molecule has 2 aromatic rings. The number of anilines is 1. The van der Waals surface area contributed by atoms with Crippen molar-refractivity contribution >= 4 is 27.5 Å². The zero-order valence-corrected chi connectivity index (χ0v) is 23.0. The lowest BCUT2D eigenvalue weighted by Crippen LogP contribution is -2.48. The fourth-order valence-corrected chi connectivity index (χ4v) is 4.75. The van der Waals surface area contributed by atoms with Crippen molar-refractivity contribution in [1.29, 1.82) is 0 Å². The summed E-state index contributed by atoms with van der Waals surface area (Å²) >= 11 is 0. The van der Waals surface area contributed by atoms with E-state index in [9.17, 15) is 18.0 Å². The number of aryl methyl sites for hydroxylation is 1. The smallest absolute Gasteiger partial charge is 0.242 e. The lowest BCUT2D eigenvalue weighted by Gasteiger charge is -2.30. The molecule has 0 aromatic heterocycles. The minimum atomic E-state index is -3.52. The third kappa shape index (κ3) is 8.86. The van der Waals surface area contributed by atoms with Gasteiger partial charge in [0.1, 0.15) is 11.8 Å². The molecule has 1 N–H and O–H groups in total. The summed E-state index contributed by atoms with van der Waals surface area (Å²) in [5.41, 5.74) is 2.35. The van der Waals surface area contributed by atoms with Crippen LogP contribution in [0.5, 0.6) is 5.75 Å². The topological polar surface area (TPSA) is 96.0 Å². The van der Waals surface area contributed by atoms with Gasteiger partial charge in [-0.3, -0.25) is 13.9 Å². The first-order valence-corrected chi connectivity index (χ1v) is 14.0. The summed E-state index contributed by atoms with van der Waals surface area (Å²) in [5, 5.41) is 2.90. The van der Waals surface area contributed by atoms with Crippen LogP contribution in [0.15, 0.2) is 48.5 Å². The van der Waals surface area contributed by atoms with Gasteiger partial charge < -0.3 is 15.0 Å². The van der Waals surface area contributed by atoms with Crippen molar-refractivity contribution < 1.29 is 22.7 Å². The van der Waals surface area contributed by atoms with Gasteiger partial charge in [-0.25, -0.2) is 8.42 Å². The fourth-order valence-electron chi connectivity index (χ4n) is 3.79. The Morgan fingerprint density at radius 2 is 1.75 bits per heavy atom. The van der Waals surface area contributed by atoms with Crippen LogP contribution in [0.2, 0.25) is 0 Å². The molecular weight excluding hydrogens is 478 g/mol. The van der Waals surface area contributed by atoms with E-state index in [1.807, 2.05) is 51.1 Å². The second-order valence-electron chi connectivity index (χ2n) is 9.47. The van der Waals surface area contributed by atoms with Gasteiger partial charge in [0.15, 0.2) is 0 Å². The Labute approximate surface area is 215 Å². The maximum Gasteiger partial charge on any atom is 0.242 e. The van der Waals surface area contributed by atoms with Gasteiger partial charge in [-0.2, -0.15) is 0 Å². The van der Waals surface area contributed by atoms with E-state index in [0.717, 1.165) is 17.4 Å². The van der Waals surface area contributed by atoms with E-state index in [1.54, 1.807) is 37.1 Å². The maximum atomic E-state index is 13.4. The number of rotatable bonds is 13. The molecule has 0 unspecified atom stereocenters. The first-order chi connectivity index (χ1) is 16.9. The molecule has 0 radical (unpaired) electrons. The van der Waals surface area contributed by atoms with Crippen molar-refractivity contribution in [3.05, 3.63) is 59.7 Å². The van der Waals surface area contributed by atoms with Gasteiger partial charge in [0.2, 0.25) is 21.8 Å². The number of ether oxygens (including phenoxy) is 1. The quantitative estimate of drug-likeness (QED) is 0.437. The number of nitrogens with zero attached hydrogens (tertiary/aromatic N) is 2. The van der Waals surface area contributed by atoms with Crippen molar-refractivity contribution in [2.24, 2.45) is 5.92 Å². The summed E-state index contributed by atoms with van der Waals surface area (Å²) in [4.78, 5) is 27.7. The molecule has 0 saturated carbocycles. The fraction of sp³-hybridized carbons (Fsp3) is 0.481. The van der Waals surface area contributed by atoms with E-state index in [1.165, 1.54) is 4.31 Å². The Morgan fingerprint density at radius 1 is 1.06 bits per heavy atom. The minimum Gasteiger partial charge on any atom is -0.497 e. The Bertz CT molecular complexity index is 1130. The number of nitrogens with one attached hydrogen (secondary N) is 1. The van der Waals surface area contributed by atoms with Crippen molar-refractivity contribution in [2.45, 2.75) is 53.1 Å². The third-order valence-corrected chi connectivity index (χ3v) is 6.97. The second-order valence-corrected chi connectivity index (χ2v) is 11.4. The largest absolute Gasteiger partial charge is 0.497 e. The monoisotopic (exact) mass is 517 g/mol. The normalized spacial score (nSPS) is 12.2. The molecule has 0 aliphatic rings. The predicted molar refractivity (Wildman–Crippen MR) is 143 cm³/mol. The van der Waals surface area contributed by atoms with Crippen molar-refractivity contribution in [2.75, 3.05) is 30.8 Å². The van der Waals surface area contributed by atoms with Gasteiger partial charge in [0.05, 0.1) is 19.1 Å². The zero-order chi connectivity index (χ0) is 26.9. The van der Waals surface area contributed by atoms with Gasteiger partial charge >= 0.3 is 0 Å². The molecule has 36 heavy (non-hydrogen) atoms. The molecule has 0 heterocycles. The van der Waals surface area contributed by atoms with Crippen molar-refractivity contribution in [3.8, 4) is 5.75 Å². The Hall–Kier alpha value is -3.07. The van der Waals surface area contributed by atoms with Crippen LogP contribution in [-0.4, -0.2) is 57.6 Å². The Balaban J connectivity index is 2.18. The first kappa shape index (κ1) is 29.2. The van der Waals surface area contributed by atoms with Crippen LogP contribution in [0.3, 0.4) is 0 Å². The molecular formula is C27H39N3O5S. The van der Waals surface area contributed by atoms with Gasteiger partial charge in [-0.1, -0.05) is 38.1 Å². The number of carbonyl (C=O) groups is 2. The lowest BCUT2D eigenvalue weighted by molar-refractivity contribution is -0.140. The molecule has 0 aliphatic carbocycles. The van der Waals surface area contributed by atoms with Crippen molar-refractivity contribution in [3.63, 3.8) is 0 Å². The van der Waals surface area contributed by atoms with E-state index >= 15 is 0 Å². The highest BCUT2D eigenvalue weighted by atomic mass is 32.2. The number of carbonyl (C=O) groups excluding carboxylic acids is 2. The predicted octanol–water partition coefficient (Wildman–Crippen LogP) is 3.74. The van der Waals surface area contributed by atoms with Crippen LogP contribution >= 0.6 is 0 Å². The molecule has 0 spiro atoms. The molecule has 0 aliphatic heterocycles. The van der Waals surface area contributed by atoms with Crippen LogP contribution in [0.4, 0.5) is 5.69 Å². The highest BCUT2D eigenvalue weighted by Crippen LogP contribution is 2.21. The van der Waals surface area contributed by atoms with Crippen LogP contribution in [-0.2, 0) is 26.2 Å². The highest BCUT2D eigenvalue weighted by Gasteiger charge is 2.27. The number of sulfonamides is 1. The number of methoxy groups -OCH3 is 1. The molecule has 2 rings (SSSR count). The van der Waals surface area contributed by atoms with Gasteiger partial charge in [0, 0.05) is 26.1 Å². The second kappa shape index (κ2) is 13.3. The molecule has 2 amide bonds. The SMILES string of the molecule is COc1cccc(CN(C(=O)CCCN(c2cccc(C)c2)S(C)(=O)=O)[C@@H](C)C(=O)NCC(C)C)c1. The van der Waals surface area contributed by atoms with E-state index in [4.69, 9.17) is 4.74 Å². The number of hydrogen-bond acceptors (Lipinski definition) is 5. The molecule has 2 aromatic carbocycles. The maximum absolute atomic E-state index is 13.4. The highest BCUT2D eigenvalue weighted by molar-refractivity contribution is 7.92. The summed E-state index contributed by atoms with van der Waals surface area (Å²) in [5.74, 6) is 0.506. The Morgan fingerprint density at radius 3 is 2.36 bits per heavy atom. The molecule has 8 nitrogen and oxygen atoms in total. The van der Waals surface area contributed by atoms with Gasteiger partial charge in [0.25, 0.3) is 0 Å².